The van der Waals surface area contributed by atoms with Gasteiger partial charge >= 0.3 is 0 Å². The summed E-state index contributed by atoms with van der Waals surface area (Å²) in [6.07, 6.45) is 2.60. The van der Waals surface area contributed by atoms with Crippen molar-refractivity contribution in [2.45, 2.75) is 23.3 Å². The summed E-state index contributed by atoms with van der Waals surface area (Å²) >= 11 is 8.77. The summed E-state index contributed by atoms with van der Waals surface area (Å²) in [4.78, 5) is 0. The number of aromatic nitrogens is 2. The molecule has 1 fully saturated rings. The molecule has 1 aromatic rings. The minimum atomic E-state index is 0.317. The Bertz CT molecular complexity index is 379. The average Bonchev–Trinajstić information content (AvgIpc) is 2.95. The zero-order valence-corrected chi connectivity index (χ0v) is 11.7. The van der Waals surface area contributed by atoms with E-state index in [1.807, 2.05) is 0 Å². The van der Waals surface area contributed by atoms with Crippen molar-refractivity contribution in [1.29, 1.82) is 0 Å². The second-order valence-corrected chi connectivity index (χ2v) is 6.43. The van der Waals surface area contributed by atoms with Crippen molar-refractivity contribution < 1.29 is 4.74 Å². The number of halogens is 1. The lowest BCUT2D eigenvalue weighted by atomic mass is 10.2. The molecule has 2 rings (SSSR count). The van der Waals surface area contributed by atoms with Gasteiger partial charge in [0.2, 0.25) is 5.13 Å². The van der Waals surface area contributed by atoms with E-state index in [0.717, 1.165) is 35.5 Å². The summed E-state index contributed by atoms with van der Waals surface area (Å²) in [7, 11) is 0. The fourth-order valence-electron chi connectivity index (χ4n) is 1.49. The third-order valence-corrected chi connectivity index (χ3v) is 4.66. The van der Waals surface area contributed by atoms with Crippen molar-refractivity contribution in [1.82, 2.24) is 10.2 Å². The van der Waals surface area contributed by atoms with Gasteiger partial charge in [0.1, 0.15) is 0 Å². The molecule has 0 amide bonds. The predicted molar refractivity (Wildman–Crippen MR) is 73.1 cm³/mol. The Balaban J connectivity index is 1.75. The number of nitrogens with zero attached hydrogens (tertiary/aromatic N) is 2. The number of thioether (sulfide) groups is 1. The Hall–Kier alpha value is -0.300. The highest BCUT2D eigenvalue weighted by Gasteiger charge is 2.15. The van der Waals surface area contributed by atoms with Crippen LogP contribution in [0.25, 0.3) is 0 Å². The number of rotatable bonds is 6. The van der Waals surface area contributed by atoms with Gasteiger partial charge in [0, 0.05) is 23.9 Å². The molecule has 0 aliphatic carbocycles. The van der Waals surface area contributed by atoms with E-state index in [1.165, 1.54) is 11.3 Å². The Morgan fingerprint density at radius 2 is 2.53 bits per heavy atom. The van der Waals surface area contributed by atoms with Crippen molar-refractivity contribution >= 4 is 39.8 Å². The maximum atomic E-state index is 5.69. The van der Waals surface area contributed by atoms with Crippen molar-refractivity contribution in [2.75, 3.05) is 24.2 Å². The zero-order chi connectivity index (χ0) is 12.1. The van der Waals surface area contributed by atoms with Crippen LogP contribution in [0.3, 0.4) is 0 Å². The van der Waals surface area contributed by atoms with Gasteiger partial charge in [0.15, 0.2) is 4.34 Å². The number of hydrogen-bond acceptors (Lipinski definition) is 6. The van der Waals surface area contributed by atoms with Crippen LogP contribution in [0.5, 0.6) is 0 Å². The van der Waals surface area contributed by atoms with Gasteiger partial charge in [-0.05, 0) is 12.8 Å². The lowest BCUT2D eigenvalue weighted by molar-refractivity contribution is 0.120. The van der Waals surface area contributed by atoms with Gasteiger partial charge in [-0.25, -0.2) is 0 Å². The van der Waals surface area contributed by atoms with Crippen LogP contribution in [-0.4, -0.2) is 35.2 Å². The van der Waals surface area contributed by atoms with Crippen LogP contribution in [0, 0.1) is 0 Å². The SMILES string of the molecule is C=C(Cl)CSc1nnc(NCC2CCCO2)s1. The van der Waals surface area contributed by atoms with Crippen LogP contribution < -0.4 is 5.32 Å². The van der Waals surface area contributed by atoms with Crippen molar-refractivity contribution in [3.8, 4) is 0 Å². The van der Waals surface area contributed by atoms with Gasteiger partial charge in [0.25, 0.3) is 0 Å². The monoisotopic (exact) mass is 291 g/mol. The van der Waals surface area contributed by atoms with Gasteiger partial charge in [0.05, 0.1) is 6.10 Å². The second-order valence-electron chi connectivity index (χ2n) is 3.69. The average molecular weight is 292 g/mol. The fourth-order valence-corrected chi connectivity index (χ4v) is 3.16. The quantitative estimate of drug-likeness (QED) is 0.817. The Morgan fingerprint density at radius 3 is 3.24 bits per heavy atom. The molecular formula is C10H14ClN3OS2. The molecule has 7 heteroatoms. The summed E-state index contributed by atoms with van der Waals surface area (Å²) in [5.74, 6) is 0.669. The first-order valence-electron chi connectivity index (χ1n) is 5.39. The first-order chi connectivity index (χ1) is 8.24. The first kappa shape index (κ1) is 13.1. The number of ether oxygens (including phenoxy) is 1. The van der Waals surface area contributed by atoms with E-state index in [0.29, 0.717) is 16.9 Å². The smallest absolute Gasteiger partial charge is 0.206 e. The third kappa shape index (κ3) is 4.46. The molecule has 17 heavy (non-hydrogen) atoms. The third-order valence-electron chi connectivity index (χ3n) is 2.26. The standard InChI is InChI=1S/C10H14ClN3OS2/c1-7(11)6-16-10-14-13-9(17-10)12-5-8-3-2-4-15-8/h8H,1-6H2,(H,12,13). The molecule has 1 atom stereocenters. The van der Waals surface area contributed by atoms with E-state index >= 15 is 0 Å². The normalized spacial score (nSPS) is 19.5. The van der Waals surface area contributed by atoms with E-state index in [2.05, 4.69) is 22.1 Å². The molecule has 0 bridgehead atoms. The summed E-state index contributed by atoms with van der Waals surface area (Å²) in [6.45, 7) is 5.32. The van der Waals surface area contributed by atoms with Crippen molar-refractivity contribution in [3.05, 3.63) is 11.6 Å². The van der Waals surface area contributed by atoms with Gasteiger partial charge < -0.3 is 10.1 Å². The molecule has 0 aromatic carbocycles. The molecule has 0 radical (unpaired) electrons. The van der Waals surface area contributed by atoms with Crippen LogP contribution in [0.2, 0.25) is 0 Å². The van der Waals surface area contributed by atoms with E-state index in [-0.39, 0.29) is 0 Å². The van der Waals surface area contributed by atoms with E-state index in [4.69, 9.17) is 16.3 Å². The fraction of sp³-hybridized carbons (Fsp3) is 0.600. The highest BCUT2D eigenvalue weighted by molar-refractivity contribution is 8.01. The molecule has 1 unspecified atom stereocenters. The Kier molecular flexibility index (Phi) is 5.09. The van der Waals surface area contributed by atoms with Gasteiger partial charge in [-0.1, -0.05) is 41.3 Å². The van der Waals surface area contributed by atoms with E-state index in [9.17, 15) is 0 Å². The highest BCUT2D eigenvalue weighted by Crippen LogP contribution is 2.27. The summed E-state index contributed by atoms with van der Waals surface area (Å²) in [5, 5.41) is 12.8. The molecule has 94 valence electrons. The summed E-state index contributed by atoms with van der Waals surface area (Å²) in [5.41, 5.74) is 0. The summed E-state index contributed by atoms with van der Waals surface area (Å²) in [6, 6.07) is 0. The minimum Gasteiger partial charge on any atom is -0.376 e. The molecule has 1 aromatic heterocycles. The highest BCUT2D eigenvalue weighted by atomic mass is 35.5. The van der Waals surface area contributed by atoms with E-state index in [1.54, 1.807) is 11.8 Å². The number of hydrogen-bond donors (Lipinski definition) is 1. The van der Waals surface area contributed by atoms with Crippen LogP contribution in [0.1, 0.15) is 12.8 Å². The van der Waals surface area contributed by atoms with Crippen LogP contribution in [0.4, 0.5) is 5.13 Å². The zero-order valence-electron chi connectivity index (χ0n) is 9.32. The molecule has 1 saturated heterocycles. The lowest BCUT2D eigenvalue weighted by Gasteiger charge is -2.08. The van der Waals surface area contributed by atoms with Gasteiger partial charge in [-0.3, -0.25) is 0 Å². The maximum absolute atomic E-state index is 5.69. The first-order valence-corrected chi connectivity index (χ1v) is 7.57. The minimum absolute atomic E-state index is 0.317. The molecular weight excluding hydrogens is 278 g/mol. The van der Waals surface area contributed by atoms with Crippen molar-refractivity contribution in [3.63, 3.8) is 0 Å². The lowest BCUT2D eigenvalue weighted by Crippen LogP contribution is -2.18. The molecule has 4 nitrogen and oxygen atoms in total. The Morgan fingerprint density at radius 1 is 1.65 bits per heavy atom. The van der Waals surface area contributed by atoms with Crippen LogP contribution >= 0.6 is 34.7 Å². The predicted octanol–water partition coefficient (Wildman–Crippen LogP) is 2.97. The molecule has 1 aliphatic heterocycles. The van der Waals surface area contributed by atoms with Crippen molar-refractivity contribution in [2.24, 2.45) is 0 Å². The molecule has 0 spiro atoms. The van der Waals surface area contributed by atoms with Gasteiger partial charge in [-0.15, -0.1) is 10.2 Å². The number of nitrogens with one attached hydrogen (secondary N) is 1. The molecule has 1 N–H and O–H groups in total. The molecule has 1 aliphatic rings. The van der Waals surface area contributed by atoms with E-state index < -0.39 is 0 Å². The topological polar surface area (TPSA) is 47.0 Å². The molecule has 2 heterocycles. The molecule has 0 saturated carbocycles. The largest absolute Gasteiger partial charge is 0.376 e. The van der Waals surface area contributed by atoms with Crippen LogP contribution in [0.15, 0.2) is 16.0 Å². The Labute approximate surface area is 114 Å². The number of anilines is 1. The van der Waals surface area contributed by atoms with Crippen LogP contribution in [-0.2, 0) is 4.74 Å². The summed E-state index contributed by atoms with van der Waals surface area (Å²) < 4.78 is 6.42. The maximum Gasteiger partial charge on any atom is 0.206 e. The second kappa shape index (κ2) is 6.58. The van der Waals surface area contributed by atoms with Gasteiger partial charge in [-0.2, -0.15) is 0 Å².